The third-order valence-corrected chi connectivity index (χ3v) is 2.02. The fourth-order valence-electron chi connectivity index (χ4n) is 1.31. The molecule has 4 heteroatoms. The van der Waals surface area contributed by atoms with E-state index in [-0.39, 0.29) is 0 Å². The molecule has 0 saturated heterocycles. The average molecular weight is 181 g/mol. The molecule has 0 radical (unpaired) electrons. The number of nitrogens with zero attached hydrogens (tertiary/aromatic N) is 3. The zero-order valence-electron chi connectivity index (χ0n) is 8.53. The van der Waals surface area contributed by atoms with E-state index in [9.17, 15) is 0 Å². The van der Waals surface area contributed by atoms with E-state index in [4.69, 9.17) is 0 Å². The monoisotopic (exact) mass is 181 g/mol. The summed E-state index contributed by atoms with van der Waals surface area (Å²) in [5.41, 5.74) is 3.16. The van der Waals surface area contributed by atoms with E-state index < -0.39 is 0 Å². The van der Waals surface area contributed by atoms with Gasteiger partial charge in [0.15, 0.2) is 0 Å². The van der Waals surface area contributed by atoms with E-state index in [0.29, 0.717) is 0 Å². The Hall–Kier alpha value is -1.32. The predicted octanol–water partition coefficient (Wildman–Crippen LogP) is 1.50. The van der Waals surface area contributed by atoms with E-state index in [1.54, 1.807) is 6.21 Å². The minimum atomic E-state index is 0.882. The largest absolute Gasteiger partial charge is 0.399 e. The van der Waals surface area contributed by atoms with Gasteiger partial charge in [-0.25, -0.2) is 0 Å². The molecule has 72 valence electrons. The van der Waals surface area contributed by atoms with Gasteiger partial charge in [0.2, 0.25) is 0 Å². The lowest BCUT2D eigenvalue weighted by atomic mass is 10.2. The van der Waals surface area contributed by atoms with Gasteiger partial charge in [-0.1, -0.05) is 5.16 Å². The summed E-state index contributed by atoms with van der Waals surface area (Å²) in [6.07, 6.45) is 1.70. The standard InChI is InChI=1S/C9H15N3O/c1-5-12-8(3)9(6-10-13-4)7(2)11-12/h6H,5H2,1-4H3/b10-6+. The van der Waals surface area contributed by atoms with Crippen molar-refractivity contribution in [1.82, 2.24) is 9.78 Å². The van der Waals surface area contributed by atoms with Crippen molar-refractivity contribution in [3.8, 4) is 0 Å². The van der Waals surface area contributed by atoms with Crippen LogP contribution in [-0.4, -0.2) is 23.1 Å². The minimum absolute atomic E-state index is 0.882. The fourth-order valence-corrected chi connectivity index (χ4v) is 1.31. The summed E-state index contributed by atoms with van der Waals surface area (Å²) >= 11 is 0. The Morgan fingerprint density at radius 2 is 2.23 bits per heavy atom. The van der Waals surface area contributed by atoms with Crippen molar-refractivity contribution in [2.75, 3.05) is 7.11 Å². The van der Waals surface area contributed by atoms with Crippen LogP contribution in [0.5, 0.6) is 0 Å². The molecule has 0 aromatic carbocycles. The SMILES string of the molecule is CCn1nc(C)c(/C=N/OC)c1C. The Bertz CT molecular complexity index is 315. The van der Waals surface area contributed by atoms with Crippen LogP contribution in [0.4, 0.5) is 0 Å². The van der Waals surface area contributed by atoms with Crippen LogP contribution in [0.25, 0.3) is 0 Å². The fraction of sp³-hybridized carbons (Fsp3) is 0.556. The van der Waals surface area contributed by atoms with Crippen LogP contribution in [-0.2, 0) is 11.4 Å². The van der Waals surface area contributed by atoms with E-state index in [2.05, 4.69) is 22.0 Å². The molecule has 0 amide bonds. The molecule has 1 aromatic heterocycles. The molecule has 0 fully saturated rings. The van der Waals surface area contributed by atoms with Gasteiger partial charge in [-0.3, -0.25) is 4.68 Å². The van der Waals surface area contributed by atoms with Gasteiger partial charge in [-0.15, -0.1) is 0 Å². The number of hydrogen-bond acceptors (Lipinski definition) is 3. The number of aryl methyl sites for hydroxylation is 2. The Balaban J connectivity index is 3.05. The van der Waals surface area contributed by atoms with Crippen molar-refractivity contribution < 1.29 is 4.84 Å². The number of hydrogen-bond donors (Lipinski definition) is 0. The van der Waals surface area contributed by atoms with Gasteiger partial charge >= 0.3 is 0 Å². The average Bonchev–Trinajstić information content (AvgIpc) is 2.39. The normalized spacial score (nSPS) is 11.1. The van der Waals surface area contributed by atoms with Crippen molar-refractivity contribution in [2.24, 2.45) is 5.16 Å². The smallest absolute Gasteiger partial charge is 0.106 e. The quantitative estimate of drug-likeness (QED) is 0.523. The maximum absolute atomic E-state index is 4.63. The van der Waals surface area contributed by atoms with Crippen molar-refractivity contribution in [3.63, 3.8) is 0 Å². The van der Waals surface area contributed by atoms with Gasteiger partial charge in [0.25, 0.3) is 0 Å². The zero-order chi connectivity index (χ0) is 9.84. The highest BCUT2D eigenvalue weighted by Crippen LogP contribution is 2.09. The first-order valence-corrected chi connectivity index (χ1v) is 4.31. The summed E-state index contributed by atoms with van der Waals surface area (Å²) in [5.74, 6) is 0. The maximum atomic E-state index is 4.63. The Morgan fingerprint density at radius 1 is 1.54 bits per heavy atom. The van der Waals surface area contributed by atoms with E-state index >= 15 is 0 Å². The summed E-state index contributed by atoms with van der Waals surface area (Å²) in [6, 6.07) is 0. The van der Waals surface area contributed by atoms with Crippen LogP contribution < -0.4 is 0 Å². The Labute approximate surface area is 78.2 Å². The molecule has 0 aliphatic heterocycles. The molecule has 0 aliphatic carbocycles. The molecular weight excluding hydrogens is 166 g/mol. The molecule has 1 aromatic rings. The molecule has 13 heavy (non-hydrogen) atoms. The van der Waals surface area contributed by atoms with Crippen LogP contribution >= 0.6 is 0 Å². The molecule has 4 nitrogen and oxygen atoms in total. The van der Waals surface area contributed by atoms with Crippen LogP contribution in [0, 0.1) is 13.8 Å². The lowest BCUT2D eigenvalue weighted by Crippen LogP contribution is -1.99. The molecule has 0 spiro atoms. The summed E-state index contributed by atoms with van der Waals surface area (Å²) in [6.45, 7) is 6.95. The van der Waals surface area contributed by atoms with Crippen LogP contribution in [0.1, 0.15) is 23.9 Å². The van der Waals surface area contributed by atoms with E-state index in [1.165, 1.54) is 7.11 Å². The van der Waals surface area contributed by atoms with Crippen molar-refractivity contribution >= 4 is 6.21 Å². The molecule has 0 saturated carbocycles. The molecule has 0 atom stereocenters. The second kappa shape index (κ2) is 4.07. The molecule has 1 rings (SSSR count). The third-order valence-electron chi connectivity index (χ3n) is 2.02. The highest BCUT2D eigenvalue weighted by atomic mass is 16.6. The van der Waals surface area contributed by atoms with Gasteiger partial charge < -0.3 is 4.84 Å². The number of aromatic nitrogens is 2. The van der Waals surface area contributed by atoms with Gasteiger partial charge in [-0.05, 0) is 20.8 Å². The van der Waals surface area contributed by atoms with Gasteiger partial charge in [-0.2, -0.15) is 5.10 Å². The summed E-state index contributed by atoms with van der Waals surface area (Å²) in [7, 11) is 1.53. The van der Waals surface area contributed by atoms with E-state index in [0.717, 1.165) is 23.5 Å². The molecule has 0 aliphatic rings. The van der Waals surface area contributed by atoms with Gasteiger partial charge in [0.1, 0.15) is 7.11 Å². The minimum Gasteiger partial charge on any atom is -0.399 e. The first-order chi connectivity index (χ1) is 6.20. The predicted molar refractivity (Wildman–Crippen MR) is 52.0 cm³/mol. The van der Waals surface area contributed by atoms with Crippen LogP contribution in [0.3, 0.4) is 0 Å². The first-order valence-electron chi connectivity index (χ1n) is 4.31. The van der Waals surface area contributed by atoms with Crippen LogP contribution in [0.15, 0.2) is 5.16 Å². The lowest BCUT2D eigenvalue weighted by Gasteiger charge is -1.97. The number of oxime groups is 1. The second-order valence-corrected chi connectivity index (χ2v) is 2.82. The molecule has 1 heterocycles. The summed E-state index contributed by atoms with van der Waals surface area (Å²) < 4.78 is 1.95. The highest BCUT2D eigenvalue weighted by Gasteiger charge is 2.07. The van der Waals surface area contributed by atoms with Gasteiger partial charge in [0.05, 0.1) is 11.9 Å². The molecule has 0 bridgehead atoms. The van der Waals surface area contributed by atoms with Crippen LogP contribution in [0.2, 0.25) is 0 Å². The second-order valence-electron chi connectivity index (χ2n) is 2.82. The summed E-state index contributed by atoms with van der Waals surface area (Å²) in [4.78, 5) is 4.63. The number of rotatable bonds is 3. The Kier molecular flexibility index (Phi) is 3.06. The van der Waals surface area contributed by atoms with Crippen molar-refractivity contribution in [2.45, 2.75) is 27.3 Å². The van der Waals surface area contributed by atoms with Crippen molar-refractivity contribution in [1.29, 1.82) is 0 Å². The first kappa shape index (κ1) is 9.77. The Morgan fingerprint density at radius 3 is 2.69 bits per heavy atom. The summed E-state index contributed by atoms with van der Waals surface area (Å²) in [5, 5.41) is 8.08. The third kappa shape index (κ3) is 1.88. The molecule has 0 N–H and O–H groups in total. The van der Waals surface area contributed by atoms with Crippen molar-refractivity contribution in [3.05, 3.63) is 17.0 Å². The van der Waals surface area contributed by atoms with E-state index in [1.807, 2.05) is 18.5 Å². The lowest BCUT2D eigenvalue weighted by molar-refractivity contribution is 0.215. The zero-order valence-corrected chi connectivity index (χ0v) is 8.53. The molecule has 0 unspecified atom stereocenters. The van der Waals surface area contributed by atoms with Gasteiger partial charge in [0, 0.05) is 17.8 Å². The molecular formula is C9H15N3O. The maximum Gasteiger partial charge on any atom is 0.106 e. The topological polar surface area (TPSA) is 39.4 Å². The highest BCUT2D eigenvalue weighted by molar-refractivity contribution is 5.82.